The van der Waals surface area contributed by atoms with Crippen LogP contribution in [0.25, 0.3) is 0 Å². The van der Waals surface area contributed by atoms with Crippen LogP contribution in [-0.2, 0) is 22.7 Å². The van der Waals surface area contributed by atoms with E-state index in [4.69, 9.17) is 19.3 Å². The maximum absolute atomic E-state index is 12.7. The number of urea groups is 1. The van der Waals surface area contributed by atoms with Crippen molar-refractivity contribution in [1.82, 2.24) is 10.2 Å². The highest BCUT2D eigenvalue weighted by Gasteiger charge is 2.20. The fourth-order valence-electron chi connectivity index (χ4n) is 3.30. The van der Waals surface area contributed by atoms with Crippen LogP contribution in [0.5, 0.6) is 11.5 Å². The Morgan fingerprint density at radius 2 is 1.59 bits per heavy atom. The Bertz CT molecular complexity index is 936. The molecule has 184 valence electrons. The minimum absolute atomic E-state index is 0.137. The molecule has 0 unspecified atom stereocenters. The monoisotopic (exact) mass is 472 g/mol. The van der Waals surface area contributed by atoms with Gasteiger partial charge in [-0.25, -0.2) is 4.79 Å². The standard InChI is InChI=1S/C25H32N2O7/c1-4-33-21-13-20(14-22(34-5-2)24(21)18(3)28)16-27(25(31)26-15-23(29)30)11-12-32-17-19-9-7-6-8-10-19/h6-10,13-14H,4-5,11-12,15-17H2,1-3H3,(H,26,31)(H,29,30). The Morgan fingerprint density at radius 3 is 2.12 bits per heavy atom. The number of amides is 2. The molecule has 0 atom stereocenters. The number of nitrogens with one attached hydrogen (secondary N) is 1. The van der Waals surface area contributed by atoms with Crippen molar-refractivity contribution >= 4 is 17.8 Å². The van der Waals surface area contributed by atoms with Gasteiger partial charge in [-0.15, -0.1) is 0 Å². The highest BCUT2D eigenvalue weighted by molar-refractivity contribution is 5.99. The summed E-state index contributed by atoms with van der Waals surface area (Å²) >= 11 is 0. The molecule has 0 radical (unpaired) electrons. The fraction of sp³-hybridized carbons (Fsp3) is 0.400. The molecule has 9 heteroatoms. The molecular formula is C25H32N2O7. The highest BCUT2D eigenvalue weighted by Crippen LogP contribution is 2.32. The van der Waals surface area contributed by atoms with Crippen LogP contribution in [-0.4, -0.2) is 60.7 Å². The number of ether oxygens (including phenoxy) is 3. The second-order valence-corrected chi connectivity index (χ2v) is 7.40. The third-order valence-corrected chi connectivity index (χ3v) is 4.75. The molecule has 0 aromatic heterocycles. The second-order valence-electron chi connectivity index (χ2n) is 7.40. The van der Waals surface area contributed by atoms with Crippen molar-refractivity contribution in [2.45, 2.75) is 33.9 Å². The number of nitrogens with zero attached hydrogens (tertiary/aromatic N) is 1. The number of hydrogen-bond acceptors (Lipinski definition) is 6. The summed E-state index contributed by atoms with van der Waals surface area (Å²) in [5.41, 5.74) is 2.03. The second kappa shape index (κ2) is 13.8. The normalized spacial score (nSPS) is 10.4. The van der Waals surface area contributed by atoms with E-state index in [1.54, 1.807) is 12.1 Å². The van der Waals surface area contributed by atoms with Gasteiger partial charge in [0.05, 0.1) is 26.4 Å². The molecule has 0 aliphatic rings. The SMILES string of the molecule is CCOc1cc(CN(CCOCc2ccccc2)C(=O)NCC(=O)O)cc(OCC)c1C(C)=O. The molecule has 2 N–H and O–H groups in total. The first-order valence-corrected chi connectivity index (χ1v) is 11.1. The number of rotatable bonds is 14. The van der Waals surface area contributed by atoms with Gasteiger partial charge in [0.25, 0.3) is 0 Å². The number of benzene rings is 2. The zero-order chi connectivity index (χ0) is 24.9. The van der Waals surface area contributed by atoms with Crippen LogP contribution in [0, 0.1) is 0 Å². The number of aliphatic carboxylic acids is 1. The van der Waals surface area contributed by atoms with Crippen LogP contribution in [0.1, 0.15) is 42.3 Å². The summed E-state index contributed by atoms with van der Waals surface area (Å²) in [6, 6.07) is 12.5. The maximum atomic E-state index is 12.7. The van der Waals surface area contributed by atoms with E-state index in [9.17, 15) is 14.4 Å². The molecule has 2 aromatic rings. The molecule has 0 fully saturated rings. The lowest BCUT2D eigenvalue weighted by molar-refractivity contribution is -0.135. The predicted molar refractivity (Wildman–Crippen MR) is 126 cm³/mol. The van der Waals surface area contributed by atoms with Gasteiger partial charge in [-0.1, -0.05) is 30.3 Å². The Kier molecular flexibility index (Phi) is 10.9. The molecule has 0 saturated carbocycles. The summed E-state index contributed by atoms with van der Waals surface area (Å²) in [4.78, 5) is 37.3. The number of carbonyl (C=O) groups excluding carboxylic acids is 2. The Labute approximate surface area is 199 Å². The minimum atomic E-state index is -1.14. The molecule has 0 heterocycles. The molecule has 0 aliphatic carbocycles. The van der Waals surface area contributed by atoms with E-state index >= 15 is 0 Å². The first-order chi connectivity index (χ1) is 16.3. The van der Waals surface area contributed by atoms with Crippen molar-refractivity contribution < 1.29 is 33.7 Å². The summed E-state index contributed by atoms with van der Waals surface area (Å²) in [6.07, 6.45) is 0. The molecule has 0 bridgehead atoms. The van der Waals surface area contributed by atoms with Gasteiger partial charge in [0.2, 0.25) is 0 Å². The topological polar surface area (TPSA) is 114 Å². The third-order valence-electron chi connectivity index (χ3n) is 4.75. The minimum Gasteiger partial charge on any atom is -0.493 e. The van der Waals surface area contributed by atoms with Gasteiger partial charge in [0.1, 0.15) is 23.6 Å². The lowest BCUT2D eigenvalue weighted by Gasteiger charge is -2.24. The van der Waals surface area contributed by atoms with Crippen LogP contribution in [0.4, 0.5) is 4.79 Å². The Hall–Kier alpha value is -3.59. The number of carboxylic acid groups (broad SMARTS) is 1. The van der Waals surface area contributed by atoms with Crippen molar-refractivity contribution in [3.8, 4) is 11.5 Å². The van der Waals surface area contributed by atoms with Crippen molar-refractivity contribution in [3.05, 3.63) is 59.2 Å². The number of carbonyl (C=O) groups is 3. The van der Waals surface area contributed by atoms with E-state index in [1.807, 2.05) is 44.2 Å². The van der Waals surface area contributed by atoms with Gasteiger partial charge in [0.15, 0.2) is 5.78 Å². The molecule has 2 aromatic carbocycles. The Balaban J connectivity index is 2.21. The van der Waals surface area contributed by atoms with Gasteiger partial charge in [-0.3, -0.25) is 9.59 Å². The first kappa shape index (κ1) is 26.7. The van der Waals surface area contributed by atoms with Crippen LogP contribution >= 0.6 is 0 Å². The fourth-order valence-corrected chi connectivity index (χ4v) is 3.30. The van der Waals surface area contributed by atoms with Gasteiger partial charge < -0.3 is 29.5 Å². The summed E-state index contributed by atoms with van der Waals surface area (Å²) in [5, 5.41) is 11.3. The zero-order valence-corrected chi connectivity index (χ0v) is 19.8. The molecule has 2 rings (SSSR count). The number of carboxylic acids is 1. The molecule has 34 heavy (non-hydrogen) atoms. The molecular weight excluding hydrogens is 440 g/mol. The van der Waals surface area contributed by atoms with Gasteiger partial charge >= 0.3 is 12.0 Å². The maximum Gasteiger partial charge on any atom is 0.323 e. The van der Waals surface area contributed by atoms with Gasteiger partial charge in [-0.2, -0.15) is 0 Å². The molecule has 0 spiro atoms. The smallest absolute Gasteiger partial charge is 0.323 e. The van der Waals surface area contributed by atoms with Crippen LogP contribution in [0.15, 0.2) is 42.5 Å². The summed E-state index contributed by atoms with van der Waals surface area (Å²) in [5.74, 6) is -0.579. The molecule has 0 aliphatic heterocycles. The summed E-state index contributed by atoms with van der Waals surface area (Å²) in [7, 11) is 0. The van der Waals surface area contributed by atoms with Gasteiger partial charge in [-0.05, 0) is 44.0 Å². The van der Waals surface area contributed by atoms with Crippen LogP contribution in [0.2, 0.25) is 0 Å². The van der Waals surface area contributed by atoms with Crippen molar-refractivity contribution in [1.29, 1.82) is 0 Å². The predicted octanol–water partition coefficient (Wildman–Crippen LogP) is 3.50. The van der Waals surface area contributed by atoms with E-state index < -0.39 is 18.5 Å². The van der Waals surface area contributed by atoms with Gasteiger partial charge in [0, 0.05) is 13.1 Å². The lowest BCUT2D eigenvalue weighted by atomic mass is 10.0. The van der Waals surface area contributed by atoms with Crippen molar-refractivity contribution in [2.24, 2.45) is 0 Å². The molecule has 2 amide bonds. The summed E-state index contributed by atoms with van der Waals surface area (Å²) < 4.78 is 17.1. The van der Waals surface area contributed by atoms with Crippen LogP contribution < -0.4 is 14.8 Å². The average molecular weight is 473 g/mol. The van der Waals surface area contributed by atoms with E-state index in [0.29, 0.717) is 42.4 Å². The third kappa shape index (κ3) is 8.40. The van der Waals surface area contributed by atoms with Crippen LogP contribution in [0.3, 0.4) is 0 Å². The average Bonchev–Trinajstić information content (AvgIpc) is 2.80. The van der Waals surface area contributed by atoms with E-state index in [1.165, 1.54) is 11.8 Å². The summed E-state index contributed by atoms with van der Waals surface area (Å²) in [6.45, 7) is 6.27. The van der Waals surface area contributed by atoms with E-state index in [2.05, 4.69) is 5.32 Å². The van der Waals surface area contributed by atoms with Crippen molar-refractivity contribution in [3.63, 3.8) is 0 Å². The lowest BCUT2D eigenvalue weighted by Crippen LogP contribution is -2.43. The van der Waals surface area contributed by atoms with E-state index in [-0.39, 0.29) is 25.5 Å². The largest absolute Gasteiger partial charge is 0.493 e. The van der Waals surface area contributed by atoms with E-state index in [0.717, 1.165) is 5.56 Å². The zero-order valence-electron chi connectivity index (χ0n) is 19.8. The number of hydrogen-bond donors (Lipinski definition) is 2. The van der Waals surface area contributed by atoms with Crippen molar-refractivity contribution in [2.75, 3.05) is 32.9 Å². The Morgan fingerprint density at radius 1 is 0.971 bits per heavy atom. The highest BCUT2D eigenvalue weighted by atomic mass is 16.5. The number of Topliss-reactive ketones (excluding diaryl/α,β-unsaturated/α-hetero) is 1. The molecule has 0 saturated heterocycles. The number of ketones is 1. The molecule has 9 nitrogen and oxygen atoms in total. The first-order valence-electron chi connectivity index (χ1n) is 11.1. The quantitative estimate of drug-likeness (QED) is 0.319.